The Kier molecular flexibility index (Phi) is 4.31. The first-order chi connectivity index (χ1) is 7.88. The van der Waals surface area contributed by atoms with Gasteiger partial charge in [-0.25, -0.2) is 0 Å². The van der Waals surface area contributed by atoms with Crippen molar-refractivity contribution < 1.29 is 4.74 Å². The molecule has 0 N–H and O–H groups in total. The molecular formula is C13H20N2O. The number of aromatic nitrogens is 1. The van der Waals surface area contributed by atoms with Crippen molar-refractivity contribution in [2.24, 2.45) is 5.92 Å². The fourth-order valence-corrected chi connectivity index (χ4v) is 2.15. The van der Waals surface area contributed by atoms with Crippen LogP contribution in [0, 0.1) is 5.92 Å². The van der Waals surface area contributed by atoms with E-state index in [0.717, 1.165) is 38.8 Å². The maximum Gasteiger partial charge on any atom is 0.0507 e. The van der Waals surface area contributed by atoms with Crippen molar-refractivity contribution in [2.75, 3.05) is 26.3 Å². The summed E-state index contributed by atoms with van der Waals surface area (Å²) in [6, 6.07) is 4.14. The highest BCUT2D eigenvalue weighted by Gasteiger charge is 2.18. The minimum absolute atomic E-state index is 0.719. The van der Waals surface area contributed by atoms with Crippen LogP contribution in [0.4, 0.5) is 0 Å². The lowest BCUT2D eigenvalue weighted by Gasteiger charge is -2.23. The summed E-state index contributed by atoms with van der Waals surface area (Å²) >= 11 is 0. The molecular weight excluding hydrogens is 200 g/mol. The van der Waals surface area contributed by atoms with Crippen molar-refractivity contribution >= 4 is 0 Å². The highest BCUT2D eigenvalue weighted by atomic mass is 16.5. The summed E-state index contributed by atoms with van der Waals surface area (Å²) in [5.41, 5.74) is 1.29. The highest BCUT2D eigenvalue weighted by Crippen LogP contribution is 2.15. The van der Waals surface area contributed by atoms with Gasteiger partial charge in [-0.3, -0.25) is 9.88 Å². The summed E-state index contributed by atoms with van der Waals surface area (Å²) in [5, 5.41) is 0. The summed E-state index contributed by atoms with van der Waals surface area (Å²) in [5.74, 6) is 0.719. The van der Waals surface area contributed by atoms with Crippen molar-refractivity contribution in [3.63, 3.8) is 0 Å². The van der Waals surface area contributed by atoms with Gasteiger partial charge in [-0.2, -0.15) is 0 Å². The Morgan fingerprint density at radius 1 is 1.56 bits per heavy atom. The molecule has 0 radical (unpaired) electrons. The van der Waals surface area contributed by atoms with Crippen LogP contribution in [-0.2, 0) is 11.3 Å². The third-order valence-electron chi connectivity index (χ3n) is 3.12. The van der Waals surface area contributed by atoms with Gasteiger partial charge in [0.05, 0.1) is 6.61 Å². The Labute approximate surface area is 97.4 Å². The van der Waals surface area contributed by atoms with Crippen LogP contribution >= 0.6 is 0 Å². The van der Waals surface area contributed by atoms with Gasteiger partial charge in [0.2, 0.25) is 0 Å². The van der Waals surface area contributed by atoms with Crippen molar-refractivity contribution in [3.8, 4) is 0 Å². The van der Waals surface area contributed by atoms with E-state index in [1.54, 1.807) is 0 Å². The second kappa shape index (κ2) is 5.97. The summed E-state index contributed by atoms with van der Waals surface area (Å²) in [4.78, 5) is 6.62. The normalized spacial score (nSPS) is 20.5. The fraction of sp³-hybridized carbons (Fsp3) is 0.615. The summed E-state index contributed by atoms with van der Waals surface area (Å²) in [6.45, 7) is 7.32. The van der Waals surface area contributed by atoms with Crippen LogP contribution in [0.2, 0.25) is 0 Å². The van der Waals surface area contributed by atoms with Gasteiger partial charge in [-0.05, 0) is 30.5 Å². The van der Waals surface area contributed by atoms with E-state index in [0.29, 0.717) is 0 Å². The number of nitrogens with zero attached hydrogens (tertiary/aromatic N) is 2. The molecule has 0 saturated carbocycles. The predicted octanol–water partition coefficient (Wildman–Crippen LogP) is 1.94. The van der Waals surface area contributed by atoms with Gasteiger partial charge in [0.1, 0.15) is 0 Å². The zero-order chi connectivity index (χ0) is 11.2. The molecule has 1 aliphatic rings. The van der Waals surface area contributed by atoms with Crippen LogP contribution in [0.1, 0.15) is 18.9 Å². The van der Waals surface area contributed by atoms with Crippen LogP contribution in [0.15, 0.2) is 24.5 Å². The summed E-state index contributed by atoms with van der Waals surface area (Å²) < 4.78 is 5.41. The quantitative estimate of drug-likeness (QED) is 0.758. The molecule has 0 aromatic carbocycles. The van der Waals surface area contributed by atoms with Crippen molar-refractivity contribution in [1.82, 2.24) is 9.88 Å². The lowest BCUT2D eigenvalue weighted by molar-refractivity contribution is 0.166. The first kappa shape index (κ1) is 11.6. The van der Waals surface area contributed by atoms with E-state index >= 15 is 0 Å². The average Bonchev–Trinajstić information content (AvgIpc) is 2.82. The van der Waals surface area contributed by atoms with Crippen LogP contribution in [-0.4, -0.2) is 36.2 Å². The molecule has 0 aliphatic carbocycles. The van der Waals surface area contributed by atoms with Gasteiger partial charge < -0.3 is 4.74 Å². The summed E-state index contributed by atoms with van der Waals surface area (Å²) in [7, 11) is 0. The van der Waals surface area contributed by atoms with Gasteiger partial charge in [0.15, 0.2) is 0 Å². The molecule has 88 valence electrons. The van der Waals surface area contributed by atoms with Crippen LogP contribution in [0.5, 0.6) is 0 Å². The maximum absolute atomic E-state index is 5.41. The van der Waals surface area contributed by atoms with Gasteiger partial charge in [0, 0.05) is 32.1 Å². The number of rotatable bonds is 5. The third-order valence-corrected chi connectivity index (χ3v) is 3.12. The molecule has 0 spiro atoms. The highest BCUT2D eigenvalue weighted by molar-refractivity contribution is 5.08. The SMILES string of the molecule is CCN(Cc1cccnc1)C[C@@H]1CCOC1. The molecule has 1 aromatic heterocycles. The van der Waals surface area contributed by atoms with E-state index in [4.69, 9.17) is 4.74 Å². The van der Waals surface area contributed by atoms with Crippen LogP contribution in [0.3, 0.4) is 0 Å². The van der Waals surface area contributed by atoms with E-state index in [9.17, 15) is 0 Å². The zero-order valence-electron chi connectivity index (χ0n) is 9.93. The number of ether oxygens (including phenoxy) is 1. The lowest BCUT2D eigenvalue weighted by atomic mass is 10.1. The second-order valence-corrected chi connectivity index (χ2v) is 4.42. The van der Waals surface area contributed by atoms with Gasteiger partial charge >= 0.3 is 0 Å². The van der Waals surface area contributed by atoms with E-state index < -0.39 is 0 Å². The molecule has 0 amide bonds. The predicted molar refractivity (Wildman–Crippen MR) is 64.1 cm³/mol. The largest absolute Gasteiger partial charge is 0.381 e. The smallest absolute Gasteiger partial charge is 0.0507 e. The van der Waals surface area contributed by atoms with Crippen LogP contribution < -0.4 is 0 Å². The molecule has 0 bridgehead atoms. The molecule has 1 aliphatic heterocycles. The van der Waals surface area contributed by atoms with E-state index in [2.05, 4.69) is 22.9 Å². The minimum Gasteiger partial charge on any atom is -0.381 e. The first-order valence-electron chi connectivity index (χ1n) is 6.07. The molecule has 2 rings (SSSR count). The van der Waals surface area contributed by atoms with Crippen molar-refractivity contribution in [3.05, 3.63) is 30.1 Å². The molecule has 3 nitrogen and oxygen atoms in total. The lowest BCUT2D eigenvalue weighted by Crippen LogP contribution is -2.29. The van der Waals surface area contributed by atoms with E-state index in [1.807, 2.05) is 18.5 Å². The Balaban J connectivity index is 1.85. The molecule has 1 atom stereocenters. The molecule has 16 heavy (non-hydrogen) atoms. The van der Waals surface area contributed by atoms with Gasteiger partial charge in [-0.1, -0.05) is 13.0 Å². The van der Waals surface area contributed by atoms with Gasteiger partial charge in [0.25, 0.3) is 0 Å². The Morgan fingerprint density at radius 3 is 3.12 bits per heavy atom. The van der Waals surface area contributed by atoms with E-state index in [1.165, 1.54) is 12.0 Å². The van der Waals surface area contributed by atoms with E-state index in [-0.39, 0.29) is 0 Å². The zero-order valence-corrected chi connectivity index (χ0v) is 9.93. The monoisotopic (exact) mass is 220 g/mol. The first-order valence-corrected chi connectivity index (χ1v) is 6.07. The van der Waals surface area contributed by atoms with Crippen molar-refractivity contribution in [2.45, 2.75) is 19.9 Å². The number of pyridine rings is 1. The maximum atomic E-state index is 5.41. The number of hydrogen-bond acceptors (Lipinski definition) is 3. The topological polar surface area (TPSA) is 25.4 Å². The standard InChI is InChI=1S/C13H20N2O/c1-2-15(10-13-5-7-16-11-13)9-12-4-3-6-14-8-12/h3-4,6,8,13H,2,5,7,9-11H2,1H3/t13-/m0/s1. The Hall–Kier alpha value is -0.930. The Bertz CT molecular complexity index is 296. The van der Waals surface area contributed by atoms with Gasteiger partial charge in [-0.15, -0.1) is 0 Å². The molecule has 0 unspecified atom stereocenters. The Morgan fingerprint density at radius 2 is 2.50 bits per heavy atom. The molecule has 1 aromatic rings. The third kappa shape index (κ3) is 3.29. The molecule has 2 heterocycles. The molecule has 1 fully saturated rings. The summed E-state index contributed by atoms with van der Waals surface area (Å²) in [6.07, 6.45) is 4.99. The molecule has 3 heteroatoms. The van der Waals surface area contributed by atoms with Crippen molar-refractivity contribution in [1.29, 1.82) is 0 Å². The minimum atomic E-state index is 0.719. The average molecular weight is 220 g/mol. The van der Waals surface area contributed by atoms with Crippen LogP contribution in [0.25, 0.3) is 0 Å². The second-order valence-electron chi connectivity index (χ2n) is 4.42. The number of hydrogen-bond donors (Lipinski definition) is 0. The molecule has 1 saturated heterocycles. The fourth-order valence-electron chi connectivity index (χ4n) is 2.15.